The van der Waals surface area contributed by atoms with Crippen LogP contribution in [0.25, 0.3) is 0 Å². The van der Waals surface area contributed by atoms with Crippen molar-refractivity contribution in [1.82, 2.24) is 9.88 Å². The third-order valence-corrected chi connectivity index (χ3v) is 5.43. The van der Waals surface area contributed by atoms with Gasteiger partial charge in [-0.3, -0.25) is 4.79 Å². The number of benzene rings is 1. The summed E-state index contributed by atoms with van der Waals surface area (Å²) in [5.41, 5.74) is 1.71. The first-order valence-corrected chi connectivity index (χ1v) is 9.71. The molecule has 3 heterocycles. The fourth-order valence-corrected chi connectivity index (χ4v) is 3.85. The van der Waals surface area contributed by atoms with Gasteiger partial charge in [-0.1, -0.05) is 0 Å². The zero-order valence-electron chi connectivity index (χ0n) is 15.5. The Labute approximate surface area is 159 Å². The molecule has 27 heavy (non-hydrogen) atoms. The first kappa shape index (κ1) is 17.8. The van der Waals surface area contributed by atoms with Gasteiger partial charge in [-0.2, -0.15) is 0 Å². The zero-order valence-corrected chi connectivity index (χ0v) is 15.5. The van der Waals surface area contributed by atoms with Crippen molar-refractivity contribution in [2.45, 2.75) is 19.3 Å². The molecule has 2 fully saturated rings. The summed E-state index contributed by atoms with van der Waals surface area (Å²) < 4.78 is 13.1. The maximum atomic E-state index is 13.1. The largest absolute Gasteiger partial charge is 0.368 e. The Morgan fingerprint density at radius 1 is 0.852 bits per heavy atom. The Hall–Kier alpha value is -2.63. The van der Waals surface area contributed by atoms with E-state index in [4.69, 9.17) is 0 Å². The molecule has 0 saturated carbocycles. The summed E-state index contributed by atoms with van der Waals surface area (Å²) in [4.78, 5) is 23.8. The van der Waals surface area contributed by atoms with Crippen LogP contribution in [0, 0.1) is 5.82 Å². The lowest BCUT2D eigenvalue weighted by molar-refractivity contribution is 0.0746. The average Bonchev–Trinajstić information content (AvgIpc) is 2.75. The fourth-order valence-electron chi connectivity index (χ4n) is 3.85. The summed E-state index contributed by atoms with van der Waals surface area (Å²) >= 11 is 0. The van der Waals surface area contributed by atoms with E-state index >= 15 is 0 Å². The Kier molecular flexibility index (Phi) is 5.23. The molecule has 1 aromatic carbocycles. The van der Waals surface area contributed by atoms with E-state index in [1.54, 1.807) is 18.3 Å². The molecule has 0 bridgehead atoms. The molecule has 2 saturated heterocycles. The number of halogens is 1. The SMILES string of the molecule is O=C(c1ccnc(N2CCCCC2)c1)N1CCN(c2ccc(F)cc2)CC1. The number of piperidine rings is 1. The normalized spacial score (nSPS) is 17.9. The molecule has 142 valence electrons. The van der Waals surface area contributed by atoms with Crippen LogP contribution in [0.3, 0.4) is 0 Å². The number of carbonyl (C=O) groups is 1. The standard InChI is InChI=1S/C21H25FN4O/c22-18-4-6-19(7-5-18)24-12-14-26(15-13-24)21(27)17-8-9-23-20(16-17)25-10-2-1-3-11-25/h4-9,16H,1-3,10-15H2. The lowest BCUT2D eigenvalue weighted by Gasteiger charge is -2.36. The smallest absolute Gasteiger partial charge is 0.254 e. The van der Waals surface area contributed by atoms with Gasteiger partial charge in [0, 0.05) is 56.7 Å². The van der Waals surface area contributed by atoms with Crippen LogP contribution >= 0.6 is 0 Å². The quantitative estimate of drug-likeness (QED) is 0.834. The van der Waals surface area contributed by atoms with E-state index in [-0.39, 0.29) is 11.7 Å². The highest BCUT2D eigenvalue weighted by atomic mass is 19.1. The monoisotopic (exact) mass is 368 g/mol. The molecular weight excluding hydrogens is 343 g/mol. The summed E-state index contributed by atoms with van der Waals surface area (Å²) in [6, 6.07) is 10.3. The summed E-state index contributed by atoms with van der Waals surface area (Å²) in [6.07, 6.45) is 5.38. The van der Waals surface area contributed by atoms with Crippen LogP contribution in [0.15, 0.2) is 42.6 Å². The van der Waals surface area contributed by atoms with Gasteiger partial charge in [-0.05, 0) is 55.7 Å². The van der Waals surface area contributed by atoms with E-state index < -0.39 is 0 Å². The van der Waals surface area contributed by atoms with Crippen LogP contribution in [0.4, 0.5) is 15.9 Å². The molecule has 2 aromatic rings. The summed E-state index contributed by atoms with van der Waals surface area (Å²) in [6.45, 7) is 4.86. The topological polar surface area (TPSA) is 39.7 Å². The molecule has 0 atom stereocenters. The zero-order chi connectivity index (χ0) is 18.6. The van der Waals surface area contributed by atoms with Gasteiger partial charge < -0.3 is 14.7 Å². The molecule has 1 amide bonds. The van der Waals surface area contributed by atoms with Crippen LogP contribution < -0.4 is 9.80 Å². The molecule has 5 nitrogen and oxygen atoms in total. The van der Waals surface area contributed by atoms with Crippen LogP contribution in [-0.4, -0.2) is 55.1 Å². The number of aromatic nitrogens is 1. The van der Waals surface area contributed by atoms with Crippen molar-refractivity contribution >= 4 is 17.4 Å². The summed E-state index contributed by atoms with van der Waals surface area (Å²) in [7, 11) is 0. The van der Waals surface area contributed by atoms with Crippen molar-refractivity contribution in [3.05, 3.63) is 54.0 Å². The van der Waals surface area contributed by atoms with Crippen molar-refractivity contribution in [3.63, 3.8) is 0 Å². The van der Waals surface area contributed by atoms with E-state index in [0.717, 1.165) is 37.7 Å². The molecule has 4 rings (SSSR count). The highest BCUT2D eigenvalue weighted by molar-refractivity contribution is 5.95. The summed E-state index contributed by atoms with van der Waals surface area (Å²) in [5.74, 6) is 0.745. The third kappa shape index (κ3) is 4.04. The molecule has 0 unspecified atom stereocenters. The first-order valence-electron chi connectivity index (χ1n) is 9.71. The number of anilines is 2. The Morgan fingerprint density at radius 3 is 2.26 bits per heavy atom. The molecule has 0 spiro atoms. The van der Waals surface area contributed by atoms with Crippen molar-refractivity contribution in [3.8, 4) is 0 Å². The number of rotatable bonds is 3. The van der Waals surface area contributed by atoms with E-state index in [1.165, 1.54) is 31.4 Å². The highest BCUT2D eigenvalue weighted by Gasteiger charge is 2.23. The lowest BCUT2D eigenvalue weighted by atomic mass is 10.1. The minimum atomic E-state index is -0.227. The second-order valence-corrected chi connectivity index (χ2v) is 7.21. The molecule has 6 heteroatoms. The number of hydrogen-bond donors (Lipinski definition) is 0. The van der Waals surface area contributed by atoms with Gasteiger partial charge in [0.1, 0.15) is 11.6 Å². The second kappa shape index (κ2) is 7.94. The number of piperazine rings is 1. The Morgan fingerprint density at radius 2 is 1.56 bits per heavy atom. The van der Waals surface area contributed by atoms with Gasteiger partial charge in [0.2, 0.25) is 0 Å². The van der Waals surface area contributed by atoms with Gasteiger partial charge >= 0.3 is 0 Å². The first-order chi connectivity index (χ1) is 13.2. The second-order valence-electron chi connectivity index (χ2n) is 7.21. The van der Waals surface area contributed by atoms with Gasteiger partial charge in [0.05, 0.1) is 0 Å². The maximum absolute atomic E-state index is 13.1. The van der Waals surface area contributed by atoms with Crippen LogP contribution in [0.1, 0.15) is 29.6 Å². The lowest BCUT2D eigenvalue weighted by Crippen LogP contribution is -2.48. The van der Waals surface area contributed by atoms with E-state index in [2.05, 4.69) is 14.8 Å². The van der Waals surface area contributed by atoms with Gasteiger partial charge in [0.25, 0.3) is 5.91 Å². The molecule has 0 N–H and O–H groups in total. The number of amides is 1. The van der Waals surface area contributed by atoms with Crippen molar-refractivity contribution < 1.29 is 9.18 Å². The molecule has 2 aliphatic rings. The Balaban J connectivity index is 1.39. The molecule has 0 radical (unpaired) electrons. The fraction of sp³-hybridized carbons (Fsp3) is 0.429. The van der Waals surface area contributed by atoms with Crippen LogP contribution in [0.2, 0.25) is 0 Å². The maximum Gasteiger partial charge on any atom is 0.254 e. The van der Waals surface area contributed by atoms with Crippen LogP contribution in [0.5, 0.6) is 0 Å². The number of carbonyl (C=O) groups excluding carboxylic acids is 1. The minimum Gasteiger partial charge on any atom is -0.368 e. The van der Waals surface area contributed by atoms with Crippen molar-refractivity contribution in [1.29, 1.82) is 0 Å². The predicted octanol–water partition coefficient (Wildman–Crippen LogP) is 3.17. The molecule has 1 aromatic heterocycles. The van der Waals surface area contributed by atoms with Gasteiger partial charge in [0.15, 0.2) is 0 Å². The Bertz CT molecular complexity index is 781. The third-order valence-electron chi connectivity index (χ3n) is 5.43. The molecular formula is C21H25FN4O. The molecule has 0 aliphatic carbocycles. The number of hydrogen-bond acceptors (Lipinski definition) is 4. The minimum absolute atomic E-state index is 0.0643. The van der Waals surface area contributed by atoms with Crippen molar-refractivity contribution in [2.24, 2.45) is 0 Å². The van der Waals surface area contributed by atoms with Crippen molar-refractivity contribution in [2.75, 3.05) is 49.1 Å². The molecule has 2 aliphatic heterocycles. The van der Waals surface area contributed by atoms with Gasteiger partial charge in [-0.25, -0.2) is 9.37 Å². The highest BCUT2D eigenvalue weighted by Crippen LogP contribution is 2.21. The predicted molar refractivity (Wildman–Crippen MR) is 105 cm³/mol. The number of nitrogens with zero attached hydrogens (tertiary/aromatic N) is 4. The number of pyridine rings is 1. The van der Waals surface area contributed by atoms with Gasteiger partial charge in [-0.15, -0.1) is 0 Å². The van der Waals surface area contributed by atoms with E-state index in [1.807, 2.05) is 17.0 Å². The summed E-state index contributed by atoms with van der Waals surface area (Å²) in [5, 5.41) is 0. The average molecular weight is 368 g/mol. The van der Waals surface area contributed by atoms with E-state index in [9.17, 15) is 9.18 Å². The van der Waals surface area contributed by atoms with E-state index in [0.29, 0.717) is 18.7 Å². The van der Waals surface area contributed by atoms with Crippen LogP contribution in [-0.2, 0) is 0 Å².